The zero-order valence-corrected chi connectivity index (χ0v) is 14.5. The molecule has 0 fully saturated rings. The minimum atomic E-state index is -3.44. The third-order valence-electron chi connectivity index (χ3n) is 3.15. The molecule has 2 aromatic carbocycles. The predicted octanol–water partition coefficient (Wildman–Crippen LogP) is 2.88. The van der Waals surface area contributed by atoms with Crippen molar-refractivity contribution in [1.82, 2.24) is 4.72 Å². The number of nitro benzene ring substituents is 1. The molecule has 2 aromatic rings. The van der Waals surface area contributed by atoms with E-state index in [4.69, 9.17) is 0 Å². The van der Waals surface area contributed by atoms with Crippen LogP contribution in [0.15, 0.2) is 51.8 Å². The van der Waals surface area contributed by atoms with Crippen molar-refractivity contribution in [2.45, 2.75) is 11.4 Å². The van der Waals surface area contributed by atoms with Gasteiger partial charge >= 0.3 is 0 Å². The molecule has 122 valence electrons. The molecular weight excluding hydrogens is 386 g/mol. The van der Waals surface area contributed by atoms with E-state index >= 15 is 0 Å². The minimum Gasteiger partial charge on any atom is -0.380 e. The van der Waals surface area contributed by atoms with Crippen LogP contribution in [0.2, 0.25) is 0 Å². The van der Waals surface area contributed by atoms with E-state index in [-0.39, 0.29) is 10.6 Å². The van der Waals surface area contributed by atoms with Crippen LogP contribution in [0.25, 0.3) is 0 Å². The number of halogens is 1. The van der Waals surface area contributed by atoms with Gasteiger partial charge in [-0.1, -0.05) is 12.1 Å². The van der Waals surface area contributed by atoms with E-state index in [2.05, 4.69) is 26.0 Å². The molecule has 0 radical (unpaired) electrons. The first-order valence-electron chi connectivity index (χ1n) is 6.54. The van der Waals surface area contributed by atoms with Gasteiger partial charge in [0, 0.05) is 28.8 Å². The monoisotopic (exact) mass is 399 g/mol. The largest absolute Gasteiger partial charge is 0.380 e. The SMILES string of the molecule is CNS(=O)(=O)c1ccc(CNc2ccc([N+](=O)[O-])cc2Br)cc1. The highest BCUT2D eigenvalue weighted by Gasteiger charge is 2.11. The molecule has 0 saturated carbocycles. The van der Waals surface area contributed by atoms with E-state index in [1.165, 1.54) is 31.3 Å². The number of sulfonamides is 1. The summed E-state index contributed by atoms with van der Waals surface area (Å²) < 4.78 is 26.1. The fourth-order valence-electron chi connectivity index (χ4n) is 1.86. The fraction of sp³-hybridized carbons (Fsp3) is 0.143. The molecule has 0 saturated heterocycles. The molecule has 2 rings (SSSR count). The maximum Gasteiger partial charge on any atom is 0.270 e. The van der Waals surface area contributed by atoms with E-state index < -0.39 is 14.9 Å². The van der Waals surface area contributed by atoms with Crippen LogP contribution in [-0.2, 0) is 16.6 Å². The van der Waals surface area contributed by atoms with Crippen molar-refractivity contribution >= 4 is 37.3 Å². The minimum absolute atomic E-state index is 0.00375. The summed E-state index contributed by atoms with van der Waals surface area (Å²) >= 11 is 3.28. The van der Waals surface area contributed by atoms with E-state index in [1.54, 1.807) is 18.2 Å². The number of hydrogen-bond acceptors (Lipinski definition) is 5. The van der Waals surface area contributed by atoms with Crippen molar-refractivity contribution in [1.29, 1.82) is 0 Å². The first-order valence-corrected chi connectivity index (χ1v) is 8.81. The van der Waals surface area contributed by atoms with E-state index in [0.29, 0.717) is 16.7 Å². The van der Waals surface area contributed by atoms with E-state index in [9.17, 15) is 18.5 Å². The lowest BCUT2D eigenvalue weighted by Crippen LogP contribution is -2.18. The summed E-state index contributed by atoms with van der Waals surface area (Å²) in [4.78, 5) is 10.4. The van der Waals surface area contributed by atoms with E-state index in [0.717, 1.165) is 5.56 Å². The van der Waals surface area contributed by atoms with Crippen LogP contribution in [0.3, 0.4) is 0 Å². The summed E-state index contributed by atoms with van der Waals surface area (Å²) in [5.41, 5.74) is 1.59. The zero-order chi connectivity index (χ0) is 17.0. The average molecular weight is 400 g/mol. The quantitative estimate of drug-likeness (QED) is 0.574. The molecule has 0 heterocycles. The van der Waals surface area contributed by atoms with Gasteiger partial charge in [-0.25, -0.2) is 13.1 Å². The molecule has 0 bridgehead atoms. The van der Waals surface area contributed by atoms with Crippen molar-refractivity contribution in [2.24, 2.45) is 0 Å². The van der Waals surface area contributed by atoms with Crippen LogP contribution in [-0.4, -0.2) is 20.4 Å². The molecule has 9 heteroatoms. The Morgan fingerprint density at radius 1 is 1.17 bits per heavy atom. The molecule has 0 aliphatic rings. The molecule has 0 spiro atoms. The van der Waals surface area contributed by atoms with Crippen LogP contribution in [0.4, 0.5) is 11.4 Å². The Kier molecular flexibility index (Phi) is 5.34. The Morgan fingerprint density at radius 3 is 2.35 bits per heavy atom. The Balaban J connectivity index is 2.08. The molecule has 2 N–H and O–H groups in total. The van der Waals surface area contributed by atoms with Crippen LogP contribution in [0.1, 0.15) is 5.56 Å². The number of rotatable bonds is 6. The lowest BCUT2D eigenvalue weighted by Gasteiger charge is -2.09. The third-order valence-corrected chi connectivity index (χ3v) is 5.24. The first kappa shape index (κ1) is 17.4. The average Bonchev–Trinajstić information content (AvgIpc) is 2.54. The van der Waals surface area contributed by atoms with Gasteiger partial charge in [-0.15, -0.1) is 0 Å². The van der Waals surface area contributed by atoms with Crippen LogP contribution < -0.4 is 10.0 Å². The summed E-state index contributed by atoms with van der Waals surface area (Å²) in [6, 6.07) is 10.9. The van der Waals surface area contributed by atoms with Crippen LogP contribution in [0, 0.1) is 10.1 Å². The van der Waals surface area contributed by atoms with Crippen LogP contribution in [0.5, 0.6) is 0 Å². The van der Waals surface area contributed by atoms with Gasteiger partial charge in [-0.05, 0) is 46.7 Å². The van der Waals surface area contributed by atoms with Gasteiger partial charge < -0.3 is 5.32 Å². The van der Waals surface area contributed by atoms with Crippen molar-refractivity contribution in [2.75, 3.05) is 12.4 Å². The lowest BCUT2D eigenvalue weighted by atomic mass is 10.2. The summed E-state index contributed by atoms with van der Waals surface area (Å²) in [5.74, 6) is 0. The number of benzene rings is 2. The molecule has 23 heavy (non-hydrogen) atoms. The second-order valence-electron chi connectivity index (χ2n) is 4.63. The lowest BCUT2D eigenvalue weighted by molar-refractivity contribution is -0.384. The van der Waals surface area contributed by atoms with Crippen molar-refractivity contribution in [3.05, 3.63) is 62.6 Å². The predicted molar refractivity (Wildman–Crippen MR) is 90.8 cm³/mol. The number of nitrogens with zero attached hydrogens (tertiary/aromatic N) is 1. The highest BCUT2D eigenvalue weighted by Crippen LogP contribution is 2.27. The number of hydrogen-bond donors (Lipinski definition) is 2. The van der Waals surface area contributed by atoms with Crippen molar-refractivity contribution < 1.29 is 13.3 Å². The summed E-state index contributed by atoms with van der Waals surface area (Å²) in [5, 5.41) is 13.8. The fourth-order valence-corrected chi connectivity index (χ4v) is 3.10. The summed E-state index contributed by atoms with van der Waals surface area (Å²) in [6.07, 6.45) is 0. The number of nitrogens with one attached hydrogen (secondary N) is 2. The maximum absolute atomic E-state index is 11.6. The molecular formula is C14H14BrN3O4S. The summed E-state index contributed by atoms with van der Waals surface area (Å²) in [7, 11) is -2.09. The third kappa shape index (κ3) is 4.27. The van der Waals surface area contributed by atoms with E-state index in [1.807, 2.05) is 0 Å². The second-order valence-corrected chi connectivity index (χ2v) is 7.37. The molecule has 0 atom stereocenters. The van der Waals surface area contributed by atoms with Crippen LogP contribution >= 0.6 is 15.9 Å². The summed E-state index contributed by atoms with van der Waals surface area (Å²) in [6.45, 7) is 0.455. The number of anilines is 1. The Hall–Kier alpha value is -1.97. The van der Waals surface area contributed by atoms with Gasteiger partial charge in [0.15, 0.2) is 0 Å². The highest BCUT2D eigenvalue weighted by atomic mass is 79.9. The Bertz CT molecular complexity index is 822. The van der Waals surface area contributed by atoms with Gasteiger partial charge in [-0.3, -0.25) is 10.1 Å². The molecule has 0 aliphatic heterocycles. The molecule has 0 unspecified atom stereocenters. The highest BCUT2D eigenvalue weighted by molar-refractivity contribution is 9.10. The van der Waals surface area contributed by atoms with Gasteiger partial charge in [0.2, 0.25) is 10.0 Å². The topological polar surface area (TPSA) is 101 Å². The second kappa shape index (κ2) is 7.07. The Morgan fingerprint density at radius 2 is 1.83 bits per heavy atom. The standard InChI is InChI=1S/C14H14BrN3O4S/c1-16-23(21,22)12-5-2-10(3-6-12)9-17-14-7-4-11(18(19)20)8-13(14)15/h2-8,16-17H,9H2,1H3. The number of non-ortho nitro benzene ring substituents is 1. The molecule has 0 amide bonds. The van der Waals surface area contributed by atoms with Gasteiger partial charge in [0.25, 0.3) is 5.69 Å². The molecule has 0 aromatic heterocycles. The number of nitro groups is 1. The Labute approximate surface area is 142 Å². The van der Waals surface area contributed by atoms with Crippen molar-refractivity contribution in [3.63, 3.8) is 0 Å². The van der Waals surface area contributed by atoms with Crippen molar-refractivity contribution in [3.8, 4) is 0 Å². The normalized spacial score (nSPS) is 11.2. The van der Waals surface area contributed by atoms with Gasteiger partial charge in [0.05, 0.1) is 9.82 Å². The maximum atomic E-state index is 11.6. The molecule has 0 aliphatic carbocycles. The smallest absolute Gasteiger partial charge is 0.270 e. The van der Waals surface area contributed by atoms with Gasteiger partial charge in [-0.2, -0.15) is 0 Å². The molecule has 7 nitrogen and oxygen atoms in total. The van der Waals surface area contributed by atoms with Gasteiger partial charge in [0.1, 0.15) is 0 Å². The first-order chi connectivity index (χ1) is 10.8. The zero-order valence-electron chi connectivity index (χ0n) is 12.1.